The summed E-state index contributed by atoms with van der Waals surface area (Å²) in [5, 5.41) is 2.84. The average Bonchev–Trinajstić information content (AvgIpc) is 2.98. The van der Waals surface area contributed by atoms with E-state index in [2.05, 4.69) is 17.2 Å². The van der Waals surface area contributed by atoms with Gasteiger partial charge in [-0.2, -0.15) is 0 Å². The lowest BCUT2D eigenvalue weighted by Crippen LogP contribution is -2.22. The van der Waals surface area contributed by atoms with Gasteiger partial charge in [0.25, 0.3) is 5.91 Å². The Kier molecular flexibility index (Phi) is 5.18. The number of methoxy groups -OCH3 is 1. The SMILES string of the molecule is CCCn1c(NC(=O)COc2ccc(OC)cc2)nc2ccccc21. The smallest absolute Gasteiger partial charge is 0.264 e. The number of hydrogen-bond donors (Lipinski definition) is 1. The number of nitrogens with zero attached hydrogens (tertiary/aromatic N) is 2. The summed E-state index contributed by atoms with van der Waals surface area (Å²) in [5.74, 6) is 1.65. The van der Waals surface area contributed by atoms with Crippen molar-refractivity contribution < 1.29 is 14.3 Å². The van der Waals surface area contributed by atoms with Crippen molar-refractivity contribution in [2.75, 3.05) is 19.0 Å². The molecule has 0 atom stereocenters. The number of benzene rings is 2. The first kappa shape index (κ1) is 16.8. The predicted molar refractivity (Wildman–Crippen MR) is 97.1 cm³/mol. The number of rotatable bonds is 7. The molecule has 1 heterocycles. The van der Waals surface area contributed by atoms with Gasteiger partial charge in [0.15, 0.2) is 6.61 Å². The summed E-state index contributed by atoms with van der Waals surface area (Å²) in [6.07, 6.45) is 0.950. The molecule has 3 rings (SSSR count). The Bertz CT molecular complexity index is 856. The van der Waals surface area contributed by atoms with E-state index in [0.29, 0.717) is 11.7 Å². The largest absolute Gasteiger partial charge is 0.497 e. The number of carbonyl (C=O) groups is 1. The van der Waals surface area contributed by atoms with Crippen LogP contribution in [0.1, 0.15) is 13.3 Å². The number of aromatic nitrogens is 2. The minimum Gasteiger partial charge on any atom is -0.497 e. The molecule has 6 heteroatoms. The van der Waals surface area contributed by atoms with Crippen LogP contribution in [0.3, 0.4) is 0 Å². The van der Waals surface area contributed by atoms with E-state index in [9.17, 15) is 4.79 Å². The van der Waals surface area contributed by atoms with E-state index in [0.717, 1.165) is 29.7 Å². The third kappa shape index (κ3) is 3.91. The second-order valence-electron chi connectivity index (χ2n) is 5.59. The van der Waals surface area contributed by atoms with Crippen LogP contribution in [-0.4, -0.2) is 29.2 Å². The Morgan fingerprint density at radius 3 is 2.56 bits per heavy atom. The molecule has 0 spiro atoms. The number of para-hydroxylation sites is 2. The molecule has 0 aliphatic rings. The van der Waals surface area contributed by atoms with Crippen LogP contribution in [0.15, 0.2) is 48.5 Å². The van der Waals surface area contributed by atoms with Gasteiger partial charge in [0, 0.05) is 6.54 Å². The maximum atomic E-state index is 12.2. The van der Waals surface area contributed by atoms with Gasteiger partial charge in [-0.3, -0.25) is 10.1 Å². The molecule has 3 aromatic rings. The Morgan fingerprint density at radius 1 is 1.12 bits per heavy atom. The Labute approximate surface area is 146 Å². The molecule has 1 amide bonds. The molecule has 0 unspecified atom stereocenters. The number of imidazole rings is 1. The number of fused-ring (bicyclic) bond motifs is 1. The van der Waals surface area contributed by atoms with Crippen LogP contribution in [0.2, 0.25) is 0 Å². The van der Waals surface area contributed by atoms with E-state index in [1.54, 1.807) is 31.4 Å². The van der Waals surface area contributed by atoms with Crippen LogP contribution < -0.4 is 14.8 Å². The van der Waals surface area contributed by atoms with Crippen molar-refractivity contribution in [1.82, 2.24) is 9.55 Å². The Hall–Kier alpha value is -3.02. The molecular formula is C19H21N3O3. The molecule has 25 heavy (non-hydrogen) atoms. The first-order valence-corrected chi connectivity index (χ1v) is 8.23. The highest BCUT2D eigenvalue weighted by molar-refractivity contribution is 5.92. The van der Waals surface area contributed by atoms with E-state index >= 15 is 0 Å². The summed E-state index contributed by atoms with van der Waals surface area (Å²) in [6.45, 7) is 2.80. The van der Waals surface area contributed by atoms with Gasteiger partial charge >= 0.3 is 0 Å². The normalized spacial score (nSPS) is 10.6. The first-order chi connectivity index (χ1) is 12.2. The molecule has 0 saturated heterocycles. The monoisotopic (exact) mass is 339 g/mol. The predicted octanol–water partition coefficient (Wildman–Crippen LogP) is 3.47. The summed E-state index contributed by atoms with van der Waals surface area (Å²) >= 11 is 0. The highest BCUT2D eigenvalue weighted by atomic mass is 16.5. The van der Waals surface area contributed by atoms with Crippen LogP contribution in [-0.2, 0) is 11.3 Å². The lowest BCUT2D eigenvalue weighted by Gasteiger charge is -2.10. The highest BCUT2D eigenvalue weighted by Gasteiger charge is 2.13. The molecular weight excluding hydrogens is 318 g/mol. The number of carbonyl (C=O) groups excluding carboxylic acids is 1. The molecule has 0 fully saturated rings. The van der Waals surface area contributed by atoms with Crippen LogP contribution in [0.4, 0.5) is 5.95 Å². The molecule has 0 aliphatic heterocycles. The minimum absolute atomic E-state index is 0.0817. The van der Waals surface area contributed by atoms with Crippen LogP contribution in [0, 0.1) is 0 Å². The number of anilines is 1. The fourth-order valence-corrected chi connectivity index (χ4v) is 2.60. The van der Waals surface area contributed by atoms with Crippen molar-refractivity contribution in [3.05, 3.63) is 48.5 Å². The molecule has 0 radical (unpaired) electrons. The van der Waals surface area contributed by atoms with E-state index in [4.69, 9.17) is 9.47 Å². The fraction of sp³-hybridized carbons (Fsp3) is 0.263. The summed E-state index contributed by atoms with van der Waals surface area (Å²) in [7, 11) is 1.60. The zero-order chi connectivity index (χ0) is 17.6. The highest BCUT2D eigenvalue weighted by Crippen LogP contribution is 2.20. The standard InChI is InChI=1S/C19H21N3O3/c1-3-12-22-17-7-5-4-6-16(17)20-19(22)21-18(23)13-25-15-10-8-14(24-2)9-11-15/h4-11H,3,12-13H2,1-2H3,(H,20,21,23). The van der Waals surface area contributed by atoms with Gasteiger partial charge in [-0.05, 0) is 42.8 Å². The Balaban J connectivity index is 1.67. The number of hydrogen-bond acceptors (Lipinski definition) is 4. The molecule has 1 aromatic heterocycles. The maximum absolute atomic E-state index is 12.2. The van der Waals surface area contributed by atoms with Crippen molar-refractivity contribution in [2.45, 2.75) is 19.9 Å². The van der Waals surface area contributed by atoms with Gasteiger partial charge < -0.3 is 14.0 Å². The van der Waals surface area contributed by atoms with E-state index in [1.807, 2.05) is 28.8 Å². The maximum Gasteiger partial charge on any atom is 0.264 e. The molecule has 0 bridgehead atoms. The van der Waals surface area contributed by atoms with Crippen LogP contribution >= 0.6 is 0 Å². The molecule has 1 N–H and O–H groups in total. The molecule has 2 aromatic carbocycles. The van der Waals surface area contributed by atoms with Crippen molar-refractivity contribution in [1.29, 1.82) is 0 Å². The minimum atomic E-state index is -0.247. The van der Waals surface area contributed by atoms with Gasteiger partial charge in [-0.25, -0.2) is 4.98 Å². The summed E-state index contributed by atoms with van der Waals surface area (Å²) < 4.78 is 12.6. The second kappa shape index (κ2) is 7.70. The summed E-state index contributed by atoms with van der Waals surface area (Å²) in [6, 6.07) is 14.9. The Morgan fingerprint density at radius 2 is 1.84 bits per heavy atom. The average molecular weight is 339 g/mol. The van der Waals surface area contributed by atoms with Crippen molar-refractivity contribution >= 4 is 22.9 Å². The van der Waals surface area contributed by atoms with Crippen molar-refractivity contribution in [2.24, 2.45) is 0 Å². The van der Waals surface area contributed by atoms with Crippen LogP contribution in [0.25, 0.3) is 11.0 Å². The molecule has 130 valence electrons. The summed E-state index contributed by atoms with van der Waals surface area (Å²) in [4.78, 5) is 16.7. The van der Waals surface area contributed by atoms with Crippen LogP contribution in [0.5, 0.6) is 11.5 Å². The number of amides is 1. The topological polar surface area (TPSA) is 65.4 Å². The molecule has 6 nitrogen and oxygen atoms in total. The lowest BCUT2D eigenvalue weighted by molar-refractivity contribution is -0.118. The quantitative estimate of drug-likeness (QED) is 0.716. The second-order valence-corrected chi connectivity index (χ2v) is 5.59. The van der Waals surface area contributed by atoms with E-state index in [1.165, 1.54) is 0 Å². The third-order valence-corrected chi connectivity index (χ3v) is 3.78. The summed E-state index contributed by atoms with van der Waals surface area (Å²) in [5.41, 5.74) is 1.87. The van der Waals surface area contributed by atoms with Gasteiger partial charge in [-0.15, -0.1) is 0 Å². The van der Waals surface area contributed by atoms with Gasteiger partial charge in [0.2, 0.25) is 5.95 Å². The molecule has 0 saturated carbocycles. The van der Waals surface area contributed by atoms with Crippen molar-refractivity contribution in [3.63, 3.8) is 0 Å². The third-order valence-electron chi connectivity index (χ3n) is 3.78. The number of ether oxygens (including phenoxy) is 2. The van der Waals surface area contributed by atoms with E-state index in [-0.39, 0.29) is 12.5 Å². The van der Waals surface area contributed by atoms with Crippen molar-refractivity contribution in [3.8, 4) is 11.5 Å². The van der Waals surface area contributed by atoms with Gasteiger partial charge in [0.05, 0.1) is 18.1 Å². The number of aryl methyl sites for hydroxylation is 1. The zero-order valence-electron chi connectivity index (χ0n) is 14.4. The van der Waals surface area contributed by atoms with Gasteiger partial charge in [0.1, 0.15) is 11.5 Å². The van der Waals surface area contributed by atoms with E-state index < -0.39 is 0 Å². The lowest BCUT2D eigenvalue weighted by atomic mass is 10.3. The zero-order valence-corrected chi connectivity index (χ0v) is 14.4. The first-order valence-electron chi connectivity index (χ1n) is 8.23. The molecule has 0 aliphatic carbocycles. The number of nitrogens with one attached hydrogen (secondary N) is 1. The van der Waals surface area contributed by atoms with Gasteiger partial charge in [-0.1, -0.05) is 19.1 Å². The fourth-order valence-electron chi connectivity index (χ4n) is 2.60.